The first-order valence-corrected chi connectivity index (χ1v) is 5.11. The van der Waals surface area contributed by atoms with E-state index in [0.717, 1.165) is 10.9 Å². The van der Waals surface area contributed by atoms with Crippen molar-refractivity contribution in [2.24, 2.45) is 0 Å². The first kappa shape index (κ1) is 10.9. The minimum atomic E-state index is 0.576. The van der Waals surface area contributed by atoms with Gasteiger partial charge in [0.05, 0.1) is 12.3 Å². The van der Waals surface area contributed by atoms with Crippen LogP contribution in [0, 0.1) is 11.8 Å². The summed E-state index contributed by atoms with van der Waals surface area (Å²) in [6, 6.07) is 5.57. The van der Waals surface area contributed by atoms with E-state index in [4.69, 9.17) is 10.5 Å². The van der Waals surface area contributed by atoms with Gasteiger partial charge in [-0.25, -0.2) is 0 Å². The van der Waals surface area contributed by atoms with E-state index in [0.29, 0.717) is 18.0 Å². The molecule has 0 bridgehead atoms. The van der Waals surface area contributed by atoms with Crippen molar-refractivity contribution in [2.75, 3.05) is 12.3 Å². The third-order valence-electron chi connectivity index (χ3n) is 1.63. The fraction of sp³-hybridized carbons (Fsp3) is 0.273. The monoisotopic (exact) mass is 253 g/mol. The van der Waals surface area contributed by atoms with E-state index in [1.807, 2.05) is 25.1 Å². The number of anilines is 1. The number of halogens is 1. The van der Waals surface area contributed by atoms with Gasteiger partial charge in [-0.3, -0.25) is 0 Å². The predicted molar refractivity (Wildman–Crippen MR) is 62.1 cm³/mol. The van der Waals surface area contributed by atoms with Crippen LogP contribution in [0.4, 0.5) is 5.69 Å². The molecule has 1 aromatic carbocycles. The molecule has 0 aliphatic carbocycles. The molecule has 0 radical (unpaired) electrons. The van der Waals surface area contributed by atoms with E-state index in [-0.39, 0.29) is 0 Å². The molecule has 74 valence electrons. The van der Waals surface area contributed by atoms with E-state index < -0.39 is 0 Å². The minimum Gasteiger partial charge on any atom is -0.490 e. The number of rotatable bonds is 3. The largest absolute Gasteiger partial charge is 0.490 e. The summed E-state index contributed by atoms with van der Waals surface area (Å²) in [5.74, 6) is 6.45. The zero-order valence-electron chi connectivity index (χ0n) is 8.01. The number of ether oxygens (including phenoxy) is 1. The van der Waals surface area contributed by atoms with Crippen LogP contribution in [-0.2, 0) is 0 Å². The van der Waals surface area contributed by atoms with Gasteiger partial charge in [0, 0.05) is 10.9 Å². The van der Waals surface area contributed by atoms with Crippen molar-refractivity contribution in [2.45, 2.75) is 13.3 Å². The van der Waals surface area contributed by atoms with Crippen molar-refractivity contribution < 1.29 is 4.74 Å². The lowest BCUT2D eigenvalue weighted by molar-refractivity contribution is 0.329. The molecule has 0 fully saturated rings. The lowest BCUT2D eigenvalue weighted by Crippen LogP contribution is -1.99. The van der Waals surface area contributed by atoms with Gasteiger partial charge in [-0.05, 0) is 25.1 Å². The highest BCUT2D eigenvalue weighted by Crippen LogP contribution is 2.25. The Labute approximate surface area is 92.6 Å². The van der Waals surface area contributed by atoms with Crippen molar-refractivity contribution in [3.05, 3.63) is 22.7 Å². The summed E-state index contributed by atoms with van der Waals surface area (Å²) in [6.45, 7) is 2.39. The molecule has 0 heterocycles. The zero-order valence-corrected chi connectivity index (χ0v) is 9.60. The molecule has 0 spiro atoms. The van der Waals surface area contributed by atoms with E-state index >= 15 is 0 Å². The zero-order chi connectivity index (χ0) is 10.4. The van der Waals surface area contributed by atoms with Crippen molar-refractivity contribution in [3.63, 3.8) is 0 Å². The van der Waals surface area contributed by atoms with Crippen LogP contribution in [-0.4, -0.2) is 6.61 Å². The quantitative estimate of drug-likeness (QED) is 0.511. The molecule has 0 amide bonds. The van der Waals surface area contributed by atoms with Gasteiger partial charge in [0.1, 0.15) is 5.75 Å². The van der Waals surface area contributed by atoms with Gasteiger partial charge in [0.2, 0.25) is 0 Å². The molecule has 0 atom stereocenters. The Morgan fingerprint density at radius 1 is 1.50 bits per heavy atom. The number of nitrogens with two attached hydrogens (primary N) is 1. The smallest absolute Gasteiger partial charge is 0.142 e. The highest BCUT2D eigenvalue weighted by molar-refractivity contribution is 9.10. The van der Waals surface area contributed by atoms with Crippen molar-refractivity contribution in [3.8, 4) is 17.6 Å². The third-order valence-corrected chi connectivity index (χ3v) is 2.13. The normalized spacial score (nSPS) is 9.00. The topological polar surface area (TPSA) is 35.2 Å². The fourth-order valence-electron chi connectivity index (χ4n) is 0.988. The van der Waals surface area contributed by atoms with Crippen LogP contribution in [0.25, 0.3) is 0 Å². The molecule has 0 unspecified atom stereocenters. The van der Waals surface area contributed by atoms with E-state index in [1.165, 1.54) is 0 Å². The summed E-state index contributed by atoms with van der Waals surface area (Å²) >= 11 is 3.33. The van der Waals surface area contributed by atoms with Gasteiger partial charge in [-0.15, -0.1) is 11.8 Å². The SMILES string of the molecule is CC#CCCOc1ccc(Br)cc1N. The second-order valence-electron chi connectivity index (χ2n) is 2.71. The molecule has 14 heavy (non-hydrogen) atoms. The lowest BCUT2D eigenvalue weighted by atomic mass is 10.3. The van der Waals surface area contributed by atoms with Gasteiger partial charge in [0.25, 0.3) is 0 Å². The number of benzene rings is 1. The van der Waals surface area contributed by atoms with Crippen molar-refractivity contribution in [1.82, 2.24) is 0 Å². The second kappa shape index (κ2) is 5.56. The summed E-state index contributed by atoms with van der Waals surface area (Å²) in [5.41, 5.74) is 6.39. The highest BCUT2D eigenvalue weighted by atomic mass is 79.9. The molecule has 0 aromatic heterocycles. The Bertz CT molecular complexity index is 365. The summed E-state index contributed by atoms with van der Waals surface area (Å²) in [6.07, 6.45) is 0.728. The Kier molecular flexibility index (Phi) is 4.34. The summed E-state index contributed by atoms with van der Waals surface area (Å²) < 4.78 is 6.40. The van der Waals surface area contributed by atoms with Gasteiger partial charge >= 0.3 is 0 Å². The molecule has 3 heteroatoms. The average molecular weight is 254 g/mol. The molecule has 0 aliphatic heterocycles. The fourth-order valence-corrected chi connectivity index (χ4v) is 1.37. The van der Waals surface area contributed by atoms with Crippen LogP contribution < -0.4 is 10.5 Å². The lowest BCUT2D eigenvalue weighted by Gasteiger charge is -2.07. The van der Waals surface area contributed by atoms with E-state index in [2.05, 4.69) is 27.8 Å². The number of nitrogen functional groups attached to an aromatic ring is 1. The highest BCUT2D eigenvalue weighted by Gasteiger charge is 1.99. The first-order chi connectivity index (χ1) is 6.74. The molecule has 1 aromatic rings. The molecular weight excluding hydrogens is 242 g/mol. The number of hydrogen-bond acceptors (Lipinski definition) is 2. The Morgan fingerprint density at radius 3 is 2.93 bits per heavy atom. The number of hydrogen-bond donors (Lipinski definition) is 1. The second-order valence-corrected chi connectivity index (χ2v) is 3.62. The van der Waals surface area contributed by atoms with Crippen LogP contribution in [0.2, 0.25) is 0 Å². The molecule has 2 nitrogen and oxygen atoms in total. The van der Waals surface area contributed by atoms with Crippen LogP contribution >= 0.6 is 15.9 Å². The van der Waals surface area contributed by atoms with Crippen LogP contribution in [0.5, 0.6) is 5.75 Å². The maximum Gasteiger partial charge on any atom is 0.142 e. The predicted octanol–water partition coefficient (Wildman–Crippen LogP) is 2.82. The molecule has 0 saturated heterocycles. The van der Waals surface area contributed by atoms with Crippen molar-refractivity contribution >= 4 is 21.6 Å². The van der Waals surface area contributed by atoms with Crippen LogP contribution in [0.1, 0.15) is 13.3 Å². The molecular formula is C11H12BrNO. The minimum absolute atomic E-state index is 0.576. The Morgan fingerprint density at radius 2 is 2.29 bits per heavy atom. The summed E-state index contributed by atoms with van der Waals surface area (Å²) in [4.78, 5) is 0. The van der Waals surface area contributed by atoms with Gasteiger partial charge in [-0.1, -0.05) is 15.9 Å². The van der Waals surface area contributed by atoms with Crippen LogP contribution in [0.3, 0.4) is 0 Å². The van der Waals surface area contributed by atoms with Crippen molar-refractivity contribution in [1.29, 1.82) is 0 Å². The van der Waals surface area contributed by atoms with Gasteiger partial charge in [0.15, 0.2) is 0 Å². The van der Waals surface area contributed by atoms with E-state index in [1.54, 1.807) is 0 Å². The summed E-state index contributed by atoms with van der Waals surface area (Å²) in [5, 5.41) is 0. The maximum atomic E-state index is 5.75. The summed E-state index contributed by atoms with van der Waals surface area (Å²) in [7, 11) is 0. The Hall–Kier alpha value is -1.14. The Balaban J connectivity index is 2.53. The van der Waals surface area contributed by atoms with Crippen LogP contribution in [0.15, 0.2) is 22.7 Å². The molecule has 1 rings (SSSR count). The average Bonchev–Trinajstić information content (AvgIpc) is 2.15. The van der Waals surface area contributed by atoms with Gasteiger partial charge in [-0.2, -0.15) is 0 Å². The standard InChI is InChI=1S/C11H12BrNO/c1-2-3-4-7-14-11-6-5-9(12)8-10(11)13/h5-6,8H,4,7,13H2,1H3. The molecule has 2 N–H and O–H groups in total. The first-order valence-electron chi connectivity index (χ1n) is 4.31. The maximum absolute atomic E-state index is 5.75. The molecule has 0 saturated carbocycles. The van der Waals surface area contributed by atoms with Gasteiger partial charge < -0.3 is 10.5 Å². The van der Waals surface area contributed by atoms with E-state index in [9.17, 15) is 0 Å². The molecule has 0 aliphatic rings. The third kappa shape index (κ3) is 3.31.